The van der Waals surface area contributed by atoms with Gasteiger partial charge in [-0.1, -0.05) is 60.6 Å². The molecular formula is C14H21NO2S2. The summed E-state index contributed by atoms with van der Waals surface area (Å²) in [6, 6.07) is 6.76. The zero-order valence-corrected chi connectivity index (χ0v) is 13.0. The van der Waals surface area contributed by atoms with E-state index >= 15 is 0 Å². The number of benzene rings is 1. The minimum atomic E-state index is -0.363. The first kappa shape index (κ1) is 16.4. The highest BCUT2D eigenvalue weighted by atomic mass is 33.1. The second kappa shape index (κ2) is 10.1. The number of rotatable bonds is 10. The van der Waals surface area contributed by atoms with Crippen LogP contribution in [0.15, 0.2) is 29.2 Å². The molecule has 0 fully saturated rings. The largest absolute Gasteiger partial charge is 0.269 e. The summed E-state index contributed by atoms with van der Waals surface area (Å²) in [5.74, 6) is 1.15. The lowest BCUT2D eigenvalue weighted by atomic mass is 10.1. The van der Waals surface area contributed by atoms with Crippen LogP contribution >= 0.6 is 21.6 Å². The Bertz CT molecular complexity index is 368. The summed E-state index contributed by atoms with van der Waals surface area (Å²) in [6.45, 7) is 2.23. The van der Waals surface area contributed by atoms with Crippen molar-refractivity contribution in [1.29, 1.82) is 0 Å². The number of non-ortho nitro benzene ring substituents is 1. The van der Waals surface area contributed by atoms with Crippen molar-refractivity contribution in [2.45, 2.75) is 50.3 Å². The maximum atomic E-state index is 10.5. The maximum Gasteiger partial charge on any atom is 0.269 e. The molecule has 0 radical (unpaired) electrons. The van der Waals surface area contributed by atoms with E-state index in [1.165, 1.54) is 38.5 Å². The zero-order valence-electron chi connectivity index (χ0n) is 11.3. The summed E-state index contributed by atoms with van der Waals surface area (Å²) in [6.07, 6.45) is 7.92. The van der Waals surface area contributed by atoms with E-state index in [1.54, 1.807) is 22.9 Å². The quantitative estimate of drug-likeness (QED) is 0.241. The Morgan fingerprint density at radius 3 is 2.32 bits per heavy atom. The Morgan fingerprint density at radius 1 is 1.05 bits per heavy atom. The second-order valence-corrected chi connectivity index (χ2v) is 6.91. The first-order valence-electron chi connectivity index (χ1n) is 6.78. The molecule has 0 saturated heterocycles. The average Bonchev–Trinajstić information content (AvgIpc) is 2.42. The molecule has 0 aliphatic rings. The zero-order chi connectivity index (χ0) is 13.9. The molecule has 1 aromatic rings. The molecule has 5 heteroatoms. The Kier molecular flexibility index (Phi) is 8.75. The highest BCUT2D eigenvalue weighted by Crippen LogP contribution is 2.32. The van der Waals surface area contributed by atoms with Gasteiger partial charge in [-0.05, 0) is 18.6 Å². The van der Waals surface area contributed by atoms with Crippen molar-refractivity contribution in [3.05, 3.63) is 34.4 Å². The van der Waals surface area contributed by atoms with Crippen LogP contribution in [-0.4, -0.2) is 10.7 Å². The molecule has 0 aromatic heterocycles. The van der Waals surface area contributed by atoms with Gasteiger partial charge in [0.25, 0.3) is 5.69 Å². The van der Waals surface area contributed by atoms with Gasteiger partial charge in [0.2, 0.25) is 0 Å². The third kappa shape index (κ3) is 7.47. The van der Waals surface area contributed by atoms with E-state index in [0.29, 0.717) is 0 Å². The summed E-state index contributed by atoms with van der Waals surface area (Å²) in [4.78, 5) is 11.2. The van der Waals surface area contributed by atoms with Crippen LogP contribution in [0.25, 0.3) is 0 Å². The van der Waals surface area contributed by atoms with Crippen LogP contribution in [0.4, 0.5) is 5.69 Å². The molecule has 1 rings (SSSR count). The lowest BCUT2D eigenvalue weighted by Gasteiger charge is -2.01. The van der Waals surface area contributed by atoms with Gasteiger partial charge in [-0.15, -0.1) is 0 Å². The number of hydrogen-bond donors (Lipinski definition) is 0. The first-order valence-corrected chi connectivity index (χ1v) is 9.10. The van der Waals surface area contributed by atoms with Crippen molar-refractivity contribution in [1.82, 2.24) is 0 Å². The summed E-state index contributed by atoms with van der Waals surface area (Å²) in [5, 5.41) is 10.5. The van der Waals surface area contributed by atoms with Crippen molar-refractivity contribution in [3.8, 4) is 0 Å². The first-order chi connectivity index (χ1) is 9.24. The Morgan fingerprint density at radius 2 is 1.68 bits per heavy atom. The number of hydrogen-bond acceptors (Lipinski definition) is 4. The molecule has 0 N–H and O–H groups in total. The van der Waals surface area contributed by atoms with Crippen molar-refractivity contribution in [2.24, 2.45) is 0 Å². The topological polar surface area (TPSA) is 43.1 Å². The van der Waals surface area contributed by atoms with Crippen LogP contribution in [0.2, 0.25) is 0 Å². The van der Waals surface area contributed by atoms with Gasteiger partial charge in [0, 0.05) is 22.8 Å². The van der Waals surface area contributed by atoms with E-state index in [-0.39, 0.29) is 10.6 Å². The Hall–Kier alpha value is -0.680. The van der Waals surface area contributed by atoms with E-state index in [2.05, 4.69) is 6.92 Å². The van der Waals surface area contributed by atoms with Crippen LogP contribution in [0.5, 0.6) is 0 Å². The molecule has 106 valence electrons. The summed E-state index contributed by atoms with van der Waals surface area (Å²) >= 11 is 0. The van der Waals surface area contributed by atoms with Gasteiger partial charge < -0.3 is 0 Å². The molecule has 0 unspecified atom stereocenters. The molecule has 19 heavy (non-hydrogen) atoms. The lowest BCUT2D eigenvalue weighted by molar-refractivity contribution is -0.384. The van der Waals surface area contributed by atoms with Gasteiger partial charge >= 0.3 is 0 Å². The molecular weight excluding hydrogens is 278 g/mol. The monoisotopic (exact) mass is 299 g/mol. The molecule has 0 saturated carbocycles. The minimum absolute atomic E-state index is 0.158. The van der Waals surface area contributed by atoms with E-state index in [4.69, 9.17) is 0 Å². The highest BCUT2D eigenvalue weighted by Gasteiger charge is 2.04. The van der Waals surface area contributed by atoms with Gasteiger partial charge in [-0.25, -0.2) is 0 Å². The Labute approximate surface area is 123 Å². The van der Waals surface area contributed by atoms with Crippen LogP contribution < -0.4 is 0 Å². The van der Waals surface area contributed by atoms with E-state index in [9.17, 15) is 10.1 Å². The molecule has 0 atom stereocenters. The smallest absolute Gasteiger partial charge is 0.258 e. The van der Waals surface area contributed by atoms with E-state index in [1.807, 2.05) is 22.9 Å². The number of unbranched alkanes of at least 4 members (excludes halogenated alkanes) is 5. The summed E-state index contributed by atoms with van der Waals surface area (Å²) in [5.41, 5.74) is 0.158. The lowest BCUT2D eigenvalue weighted by Crippen LogP contribution is -1.86. The number of nitrogens with zero attached hydrogens (tertiary/aromatic N) is 1. The normalized spacial score (nSPS) is 10.6. The van der Waals surface area contributed by atoms with Gasteiger partial charge in [-0.2, -0.15) is 0 Å². The number of nitro benzene ring substituents is 1. The third-order valence-electron chi connectivity index (χ3n) is 2.78. The van der Waals surface area contributed by atoms with Crippen molar-refractivity contribution < 1.29 is 4.92 Å². The SMILES string of the molecule is CCCCCCCCSSc1ccc([N+](=O)[O-])cc1. The molecule has 0 spiro atoms. The van der Waals surface area contributed by atoms with Gasteiger partial charge in [0.05, 0.1) is 4.92 Å². The van der Waals surface area contributed by atoms with Crippen molar-refractivity contribution >= 4 is 27.3 Å². The molecule has 3 nitrogen and oxygen atoms in total. The molecule has 0 aliphatic carbocycles. The van der Waals surface area contributed by atoms with E-state index < -0.39 is 0 Å². The minimum Gasteiger partial charge on any atom is -0.258 e. The standard InChI is InChI=1S/C14H21NO2S2/c1-2-3-4-5-6-7-12-18-19-14-10-8-13(9-11-14)15(16)17/h8-11H,2-7,12H2,1H3. The predicted molar refractivity (Wildman–Crippen MR) is 84.8 cm³/mol. The third-order valence-corrected chi connectivity index (χ3v) is 5.25. The Balaban J connectivity index is 2.07. The van der Waals surface area contributed by atoms with Gasteiger partial charge in [0.1, 0.15) is 0 Å². The average molecular weight is 299 g/mol. The van der Waals surface area contributed by atoms with E-state index in [0.717, 1.165) is 10.6 Å². The molecule has 0 aliphatic heterocycles. The van der Waals surface area contributed by atoms with Crippen molar-refractivity contribution in [3.63, 3.8) is 0 Å². The van der Waals surface area contributed by atoms with Crippen LogP contribution in [-0.2, 0) is 0 Å². The van der Waals surface area contributed by atoms with Crippen LogP contribution in [0.1, 0.15) is 45.4 Å². The highest BCUT2D eigenvalue weighted by molar-refractivity contribution is 8.76. The van der Waals surface area contributed by atoms with Crippen LogP contribution in [0.3, 0.4) is 0 Å². The summed E-state index contributed by atoms with van der Waals surface area (Å²) < 4.78 is 0. The molecule has 1 aromatic carbocycles. The molecule has 0 heterocycles. The van der Waals surface area contributed by atoms with Gasteiger partial charge in [0.15, 0.2) is 0 Å². The van der Waals surface area contributed by atoms with Gasteiger partial charge in [-0.3, -0.25) is 10.1 Å². The number of nitro groups is 1. The molecule has 0 bridgehead atoms. The molecule has 0 amide bonds. The van der Waals surface area contributed by atoms with Crippen LogP contribution in [0, 0.1) is 10.1 Å². The predicted octanol–water partition coefficient (Wildman–Crippen LogP) is 5.70. The fourth-order valence-corrected chi connectivity index (χ4v) is 3.81. The summed E-state index contributed by atoms with van der Waals surface area (Å²) in [7, 11) is 3.53. The second-order valence-electron chi connectivity index (χ2n) is 4.42. The maximum absolute atomic E-state index is 10.5. The van der Waals surface area contributed by atoms with Crippen molar-refractivity contribution in [2.75, 3.05) is 5.75 Å². The fourth-order valence-electron chi connectivity index (χ4n) is 1.67. The fraction of sp³-hybridized carbons (Fsp3) is 0.571.